The SMILES string of the molecule is CCCC(=O)N[C@@H](CC(C)C)C(CC(=O)OC1COC(=O)c2csc(n2)[C@H](C(C)C)OC(=O)[C@@H](C)[C@H](CCCC(C)(Cl)Cl)OC(=O)c2csc1n2)OC(C)=O. The van der Waals surface area contributed by atoms with E-state index in [1.165, 1.54) is 17.7 Å². The lowest BCUT2D eigenvalue weighted by Gasteiger charge is -2.29. The zero-order valence-corrected chi connectivity index (χ0v) is 35.5. The summed E-state index contributed by atoms with van der Waals surface area (Å²) in [6.45, 7) is 13.3. The molecular weight excluding hydrogens is 797 g/mol. The van der Waals surface area contributed by atoms with Gasteiger partial charge in [0.15, 0.2) is 23.6 Å². The summed E-state index contributed by atoms with van der Waals surface area (Å²) in [7, 11) is 0. The molecule has 18 heteroatoms. The second kappa shape index (κ2) is 21.3. The molecule has 6 atom stereocenters. The normalized spacial score (nSPS) is 20.8. The zero-order chi connectivity index (χ0) is 41.0. The topological polar surface area (TPSA) is 186 Å². The summed E-state index contributed by atoms with van der Waals surface area (Å²) in [5.41, 5.74) is -0.196. The average molecular weight is 849 g/mol. The number of hydrogen-bond acceptors (Lipinski definition) is 15. The van der Waals surface area contributed by atoms with Gasteiger partial charge >= 0.3 is 29.8 Å². The summed E-state index contributed by atoms with van der Waals surface area (Å²) >= 11 is 14.4. The molecule has 0 saturated carbocycles. The van der Waals surface area contributed by atoms with Crippen molar-refractivity contribution in [2.45, 2.75) is 135 Å². The van der Waals surface area contributed by atoms with Crippen LogP contribution in [0.2, 0.25) is 0 Å². The van der Waals surface area contributed by atoms with Crippen LogP contribution >= 0.6 is 45.9 Å². The van der Waals surface area contributed by atoms with Crippen molar-refractivity contribution in [3.8, 4) is 0 Å². The summed E-state index contributed by atoms with van der Waals surface area (Å²) in [4.78, 5) is 87.4. The van der Waals surface area contributed by atoms with E-state index in [-0.39, 0.29) is 47.0 Å². The van der Waals surface area contributed by atoms with E-state index in [0.29, 0.717) is 30.7 Å². The van der Waals surface area contributed by atoms with E-state index in [4.69, 9.17) is 46.9 Å². The molecule has 4 bridgehead atoms. The fourth-order valence-electron chi connectivity index (χ4n) is 5.67. The highest BCUT2D eigenvalue weighted by molar-refractivity contribution is 7.10. The number of halogens is 2. The van der Waals surface area contributed by atoms with E-state index < -0.39 is 83.6 Å². The Morgan fingerprint density at radius 2 is 1.65 bits per heavy atom. The molecule has 0 radical (unpaired) electrons. The zero-order valence-electron chi connectivity index (χ0n) is 32.4. The van der Waals surface area contributed by atoms with E-state index in [1.54, 1.807) is 13.8 Å². The van der Waals surface area contributed by atoms with Gasteiger partial charge in [-0.1, -0.05) is 34.6 Å². The lowest BCUT2D eigenvalue weighted by molar-refractivity contribution is -0.161. The molecule has 0 spiro atoms. The lowest BCUT2D eigenvalue weighted by Crippen LogP contribution is -2.47. The number of nitrogens with one attached hydrogen (secondary N) is 1. The van der Waals surface area contributed by atoms with Crippen LogP contribution in [0.3, 0.4) is 0 Å². The Morgan fingerprint density at radius 1 is 1.02 bits per heavy atom. The molecule has 2 unspecified atom stereocenters. The molecule has 1 aliphatic rings. The van der Waals surface area contributed by atoms with Gasteiger partial charge in [-0.15, -0.1) is 45.9 Å². The third-order valence-electron chi connectivity index (χ3n) is 8.44. The van der Waals surface area contributed by atoms with Crippen LogP contribution in [0.4, 0.5) is 0 Å². The van der Waals surface area contributed by atoms with Crippen LogP contribution in [0.1, 0.15) is 144 Å². The van der Waals surface area contributed by atoms with Crippen molar-refractivity contribution in [1.82, 2.24) is 15.3 Å². The summed E-state index contributed by atoms with van der Waals surface area (Å²) in [6, 6.07) is -0.696. The average Bonchev–Trinajstić information content (AvgIpc) is 3.77. The van der Waals surface area contributed by atoms with Gasteiger partial charge in [-0.2, -0.15) is 0 Å². The molecule has 0 aromatic carbocycles. The summed E-state index contributed by atoms with van der Waals surface area (Å²) in [5, 5.41) is 6.20. The Hall–Kier alpha value is -3.34. The third-order valence-corrected chi connectivity index (χ3v) is 10.7. The highest BCUT2D eigenvalue weighted by Gasteiger charge is 2.36. The molecule has 1 amide bonds. The maximum absolute atomic E-state index is 13.6. The number of esters is 5. The predicted molar refractivity (Wildman–Crippen MR) is 206 cm³/mol. The van der Waals surface area contributed by atoms with Crippen molar-refractivity contribution in [3.63, 3.8) is 0 Å². The largest absolute Gasteiger partial charge is 0.460 e. The van der Waals surface area contributed by atoms with Gasteiger partial charge in [0.25, 0.3) is 0 Å². The Kier molecular flexibility index (Phi) is 17.8. The number of cyclic esters (lactones) is 3. The molecule has 0 aliphatic carbocycles. The second-order valence-corrected chi connectivity index (χ2v) is 18.1. The maximum Gasteiger partial charge on any atom is 0.358 e. The second-order valence-electron chi connectivity index (χ2n) is 14.4. The fraction of sp³-hybridized carbons (Fsp3) is 0.676. The minimum absolute atomic E-state index is 0.0557. The van der Waals surface area contributed by atoms with Crippen LogP contribution in [0, 0.1) is 17.8 Å². The van der Waals surface area contributed by atoms with E-state index in [1.807, 2.05) is 34.6 Å². The fourth-order valence-corrected chi connectivity index (χ4v) is 7.72. The highest BCUT2D eigenvalue weighted by Crippen LogP contribution is 2.33. The summed E-state index contributed by atoms with van der Waals surface area (Å²) in [6.07, 6.45) is -2.37. The van der Waals surface area contributed by atoms with Gasteiger partial charge in [-0.05, 0) is 57.8 Å². The molecule has 55 heavy (non-hydrogen) atoms. The molecular formula is C37H51Cl2N3O11S2. The number of ether oxygens (including phenoxy) is 5. The Balaban J connectivity index is 1.98. The third kappa shape index (κ3) is 14.9. The molecule has 2 aromatic heterocycles. The lowest BCUT2D eigenvalue weighted by atomic mass is 9.96. The number of nitrogens with zero attached hydrogens (tertiary/aromatic N) is 2. The maximum atomic E-state index is 13.6. The Labute approximate surface area is 339 Å². The number of carbonyl (C=O) groups is 6. The number of thiazole rings is 2. The van der Waals surface area contributed by atoms with Crippen LogP contribution in [0.25, 0.3) is 0 Å². The van der Waals surface area contributed by atoms with Crippen molar-refractivity contribution < 1.29 is 52.5 Å². The van der Waals surface area contributed by atoms with Crippen molar-refractivity contribution >= 4 is 81.6 Å². The van der Waals surface area contributed by atoms with Crippen LogP contribution < -0.4 is 5.32 Å². The van der Waals surface area contributed by atoms with E-state index in [2.05, 4.69) is 15.3 Å². The number of aromatic nitrogens is 2. The van der Waals surface area contributed by atoms with Gasteiger partial charge in [0, 0.05) is 24.1 Å². The molecule has 0 fully saturated rings. The van der Waals surface area contributed by atoms with Gasteiger partial charge in [-0.3, -0.25) is 19.2 Å². The number of hydrogen-bond donors (Lipinski definition) is 1. The van der Waals surface area contributed by atoms with Crippen LogP contribution in [-0.2, 0) is 42.9 Å². The van der Waals surface area contributed by atoms with E-state index in [9.17, 15) is 28.8 Å². The smallest absolute Gasteiger partial charge is 0.358 e. The van der Waals surface area contributed by atoms with Crippen molar-refractivity contribution in [2.24, 2.45) is 17.8 Å². The first-order valence-corrected chi connectivity index (χ1v) is 20.8. The first kappa shape index (κ1) is 46.0. The quantitative estimate of drug-likeness (QED) is 0.106. The van der Waals surface area contributed by atoms with E-state index >= 15 is 0 Å². The number of amides is 1. The molecule has 2 aromatic rings. The van der Waals surface area contributed by atoms with Gasteiger partial charge in [0.05, 0.1) is 18.4 Å². The standard InChI is InChI=1S/C37H51Cl2N3O11S2/c1-9-11-29(44)40-23(14-19(2)3)27(50-22(7)43)15-30(45)51-28-16-49-35(47)24-17-55-33(42-24)31(20(4)5)53-34(46)21(6)26(12-10-13-37(8,38)39)52-36(48)25-18-54-32(28)41-25/h17-21,23,26-28,31H,9-16H2,1-8H3,(H,40,44)/t21-,23-,26-,27?,28?,31-/m0/s1. The summed E-state index contributed by atoms with van der Waals surface area (Å²) in [5.74, 6) is -5.19. The van der Waals surface area contributed by atoms with Crippen molar-refractivity contribution in [3.05, 3.63) is 32.2 Å². The first-order chi connectivity index (χ1) is 25.8. The van der Waals surface area contributed by atoms with E-state index in [0.717, 1.165) is 22.7 Å². The Morgan fingerprint density at radius 3 is 2.25 bits per heavy atom. The minimum atomic E-state index is -1.30. The molecule has 1 aliphatic heterocycles. The summed E-state index contributed by atoms with van der Waals surface area (Å²) < 4.78 is 27.6. The minimum Gasteiger partial charge on any atom is -0.460 e. The predicted octanol–water partition coefficient (Wildman–Crippen LogP) is 7.47. The molecule has 1 N–H and O–H groups in total. The van der Waals surface area contributed by atoms with Gasteiger partial charge in [-0.25, -0.2) is 19.6 Å². The number of rotatable bonds is 15. The molecule has 306 valence electrons. The number of alkyl halides is 2. The van der Waals surface area contributed by atoms with Crippen LogP contribution in [-0.4, -0.2) is 74.9 Å². The Bertz CT molecular complexity index is 1640. The number of fused-ring (bicyclic) bond motifs is 4. The molecule has 3 rings (SSSR count). The van der Waals surface area contributed by atoms with Gasteiger partial charge < -0.3 is 29.0 Å². The van der Waals surface area contributed by atoms with Crippen molar-refractivity contribution in [1.29, 1.82) is 0 Å². The number of carbonyl (C=O) groups excluding carboxylic acids is 6. The van der Waals surface area contributed by atoms with Gasteiger partial charge in [0.2, 0.25) is 5.91 Å². The van der Waals surface area contributed by atoms with Crippen LogP contribution in [0.5, 0.6) is 0 Å². The highest BCUT2D eigenvalue weighted by atomic mass is 35.5. The first-order valence-electron chi connectivity index (χ1n) is 18.3. The van der Waals surface area contributed by atoms with Crippen LogP contribution in [0.15, 0.2) is 10.8 Å². The molecule has 0 saturated heterocycles. The molecule has 14 nitrogen and oxygen atoms in total. The monoisotopic (exact) mass is 847 g/mol. The molecule has 3 heterocycles. The van der Waals surface area contributed by atoms with Gasteiger partial charge in [0.1, 0.15) is 33.2 Å². The van der Waals surface area contributed by atoms with Crippen molar-refractivity contribution in [2.75, 3.05) is 6.61 Å².